The van der Waals surface area contributed by atoms with Crippen LogP contribution in [-0.4, -0.2) is 11.4 Å². The second kappa shape index (κ2) is 6.02. The van der Waals surface area contributed by atoms with Crippen LogP contribution in [0.25, 0.3) is 11.3 Å². The van der Waals surface area contributed by atoms with Crippen LogP contribution in [0.5, 0.6) is 0 Å². The monoisotopic (exact) mass is 234 g/mol. The Labute approximate surface area is 99.0 Å². The lowest BCUT2D eigenvalue weighted by atomic mass is 10.1. The van der Waals surface area contributed by atoms with Crippen LogP contribution in [0, 0.1) is 13.8 Å². The quantitative estimate of drug-likeness (QED) is 0.771. The van der Waals surface area contributed by atoms with Gasteiger partial charge < -0.3 is 5.73 Å². The van der Waals surface area contributed by atoms with Gasteiger partial charge in [-0.3, -0.25) is 4.79 Å². The summed E-state index contributed by atoms with van der Waals surface area (Å²) in [5, 5.41) is 1.14. The number of thiazole rings is 1. The Kier molecular flexibility index (Phi) is 4.66. The number of nitrogens with two attached hydrogens (primary N) is 1. The first kappa shape index (κ1) is 12.4. The van der Waals surface area contributed by atoms with Gasteiger partial charge in [0.05, 0.1) is 10.7 Å². The molecular formula is C12H14N2OS. The van der Waals surface area contributed by atoms with Crippen LogP contribution in [0.1, 0.15) is 9.88 Å². The van der Waals surface area contributed by atoms with Crippen LogP contribution < -0.4 is 5.73 Å². The predicted octanol–water partition coefficient (Wildman–Crippen LogP) is 2.53. The highest BCUT2D eigenvalue weighted by molar-refractivity contribution is 7.11. The maximum absolute atomic E-state index is 8.58. The summed E-state index contributed by atoms with van der Waals surface area (Å²) in [5.41, 5.74) is 6.51. The number of nitrogens with zero attached hydrogens (tertiary/aromatic N) is 1. The molecule has 0 bridgehead atoms. The smallest absolute Gasteiger partial charge is 0.204 e. The Morgan fingerprint density at radius 1 is 1.25 bits per heavy atom. The van der Waals surface area contributed by atoms with Crippen LogP contribution in [0.3, 0.4) is 0 Å². The van der Waals surface area contributed by atoms with Crippen LogP contribution in [0.4, 0.5) is 0 Å². The zero-order valence-electron chi connectivity index (χ0n) is 9.31. The second-order valence-electron chi connectivity index (χ2n) is 3.14. The minimum absolute atomic E-state index is 0.250. The van der Waals surface area contributed by atoms with Gasteiger partial charge >= 0.3 is 0 Å². The summed E-state index contributed by atoms with van der Waals surface area (Å²) in [4.78, 5) is 14.4. The molecule has 0 radical (unpaired) electrons. The minimum atomic E-state index is 0.250. The van der Waals surface area contributed by atoms with Crippen molar-refractivity contribution < 1.29 is 4.79 Å². The van der Waals surface area contributed by atoms with Crippen molar-refractivity contribution in [1.29, 1.82) is 0 Å². The molecule has 2 aromatic rings. The number of primary amides is 1. The first-order valence-corrected chi connectivity index (χ1v) is 5.65. The normalized spacial score (nSPS) is 9.12. The fourth-order valence-corrected chi connectivity index (χ4v) is 2.23. The van der Waals surface area contributed by atoms with Crippen molar-refractivity contribution in [2.75, 3.05) is 0 Å². The number of carbonyl (C=O) groups excluding carboxylic acids is 1. The number of amides is 1. The molecule has 2 rings (SSSR count). The molecule has 84 valence electrons. The Morgan fingerprint density at radius 2 is 1.81 bits per heavy atom. The van der Waals surface area contributed by atoms with Crippen LogP contribution in [0.15, 0.2) is 30.3 Å². The van der Waals surface area contributed by atoms with E-state index in [9.17, 15) is 0 Å². The van der Waals surface area contributed by atoms with Gasteiger partial charge in [0.25, 0.3) is 0 Å². The highest BCUT2D eigenvalue weighted by Gasteiger charge is 2.05. The van der Waals surface area contributed by atoms with Gasteiger partial charge in [0.2, 0.25) is 6.41 Å². The average molecular weight is 234 g/mol. The first-order chi connectivity index (χ1) is 7.69. The first-order valence-electron chi connectivity index (χ1n) is 4.84. The third-order valence-corrected chi connectivity index (χ3v) is 2.84. The molecular weight excluding hydrogens is 220 g/mol. The topological polar surface area (TPSA) is 56.0 Å². The summed E-state index contributed by atoms with van der Waals surface area (Å²) < 4.78 is 0. The van der Waals surface area contributed by atoms with E-state index in [1.54, 1.807) is 11.3 Å². The lowest BCUT2D eigenvalue weighted by Gasteiger charge is -1.96. The summed E-state index contributed by atoms with van der Waals surface area (Å²) in [6.45, 7) is 4.16. The maximum atomic E-state index is 8.58. The molecule has 0 saturated carbocycles. The lowest BCUT2D eigenvalue weighted by molar-refractivity contribution is -0.106. The molecule has 0 atom stereocenters. The molecule has 4 heteroatoms. The van der Waals surface area contributed by atoms with Crippen LogP contribution in [0.2, 0.25) is 0 Å². The zero-order chi connectivity index (χ0) is 12.0. The van der Waals surface area contributed by atoms with Gasteiger partial charge in [-0.2, -0.15) is 0 Å². The molecule has 0 aliphatic heterocycles. The van der Waals surface area contributed by atoms with Crippen molar-refractivity contribution in [1.82, 2.24) is 4.98 Å². The molecule has 1 aromatic carbocycles. The highest BCUT2D eigenvalue weighted by Crippen LogP contribution is 2.26. The SMILES string of the molecule is Cc1nc(-c2ccccc2)c(C)s1.NC=O. The maximum Gasteiger partial charge on any atom is 0.204 e. The van der Waals surface area contributed by atoms with E-state index in [-0.39, 0.29) is 6.41 Å². The molecule has 0 aliphatic rings. The Hall–Kier alpha value is -1.68. The van der Waals surface area contributed by atoms with Gasteiger partial charge in [-0.25, -0.2) is 4.98 Å². The molecule has 0 saturated heterocycles. The zero-order valence-corrected chi connectivity index (χ0v) is 10.1. The molecule has 1 aromatic heterocycles. The van der Waals surface area contributed by atoms with Gasteiger partial charge in [0, 0.05) is 10.4 Å². The third-order valence-electron chi connectivity index (χ3n) is 1.95. The van der Waals surface area contributed by atoms with Gasteiger partial charge in [0.15, 0.2) is 0 Å². The number of carbonyl (C=O) groups is 1. The molecule has 0 unspecified atom stereocenters. The van der Waals surface area contributed by atoms with Crippen molar-refractivity contribution >= 4 is 17.7 Å². The third kappa shape index (κ3) is 3.17. The van der Waals surface area contributed by atoms with Crippen molar-refractivity contribution in [2.45, 2.75) is 13.8 Å². The fraction of sp³-hybridized carbons (Fsp3) is 0.167. The second-order valence-corrected chi connectivity index (χ2v) is 4.55. The minimum Gasteiger partial charge on any atom is -0.372 e. The van der Waals surface area contributed by atoms with Crippen LogP contribution in [-0.2, 0) is 4.79 Å². The molecule has 0 spiro atoms. The Morgan fingerprint density at radius 3 is 2.25 bits per heavy atom. The molecule has 1 heterocycles. The number of rotatable bonds is 1. The summed E-state index contributed by atoms with van der Waals surface area (Å²) in [5.74, 6) is 0. The number of hydrogen-bond acceptors (Lipinski definition) is 3. The van der Waals surface area contributed by atoms with E-state index in [1.807, 2.05) is 25.1 Å². The van der Waals surface area contributed by atoms with Gasteiger partial charge in [0.1, 0.15) is 0 Å². The summed E-state index contributed by atoms with van der Waals surface area (Å²) in [7, 11) is 0. The van der Waals surface area contributed by atoms with E-state index in [0.29, 0.717) is 0 Å². The van der Waals surface area contributed by atoms with E-state index in [1.165, 1.54) is 10.4 Å². The number of aromatic nitrogens is 1. The number of benzene rings is 1. The largest absolute Gasteiger partial charge is 0.372 e. The Bertz CT molecular complexity index is 451. The molecule has 3 nitrogen and oxygen atoms in total. The van der Waals surface area contributed by atoms with E-state index in [2.05, 4.69) is 29.8 Å². The van der Waals surface area contributed by atoms with Gasteiger partial charge in [-0.1, -0.05) is 30.3 Å². The van der Waals surface area contributed by atoms with Crippen LogP contribution >= 0.6 is 11.3 Å². The summed E-state index contributed by atoms with van der Waals surface area (Å²) in [6, 6.07) is 10.3. The van der Waals surface area contributed by atoms with Gasteiger partial charge in [-0.15, -0.1) is 11.3 Å². The van der Waals surface area contributed by atoms with Crippen molar-refractivity contribution in [3.8, 4) is 11.3 Å². The Balaban J connectivity index is 0.000000386. The molecule has 2 N–H and O–H groups in total. The van der Waals surface area contributed by atoms with Gasteiger partial charge in [-0.05, 0) is 13.8 Å². The number of hydrogen-bond donors (Lipinski definition) is 1. The average Bonchev–Trinajstić information content (AvgIpc) is 2.60. The number of aryl methyl sites for hydroxylation is 2. The van der Waals surface area contributed by atoms with E-state index < -0.39 is 0 Å². The molecule has 0 fully saturated rings. The summed E-state index contributed by atoms with van der Waals surface area (Å²) in [6.07, 6.45) is 0.250. The summed E-state index contributed by atoms with van der Waals surface area (Å²) >= 11 is 1.75. The van der Waals surface area contributed by atoms with E-state index in [4.69, 9.17) is 4.79 Å². The molecule has 16 heavy (non-hydrogen) atoms. The van der Waals surface area contributed by atoms with Crippen molar-refractivity contribution in [3.63, 3.8) is 0 Å². The standard InChI is InChI=1S/C11H11NS.CH3NO/c1-8-11(12-9(2)13-8)10-6-4-3-5-7-10;2-1-3/h3-7H,1-2H3;1H,(H2,2,3). The van der Waals surface area contributed by atoms with E-state index >= 15 is 0 Å². The highest BCUT2D eigenvalue weighted by atomic mass is 32.1. The van der Waals surface area contributed by atoms with E-state index in [0.717, 1.165) is 10.7 Å². The lowest BCUT2D eigenvalue weighted by Crippen LogP contribution is -1.82. The molecule has 1 amide bonds. The van der Waals surface area contributed by atoms with Crippen molar-refractivity contribution in [3.05, 3.63) is 40.2 Å². The fourth-order valence-electron chi connectivity index (χ4n) is 1.39. The van der Waals surface area contributed by atoms with Crippen molar-refractivity contribution in [2.24, 2.45) is 5.73 Å². The predicted molar refractivity (Wildman–Crippen MR) is 67.3 cm³/mol. The molecule has 0 aliphatic carbocycles.